The van der Waals surface area contributed by atoms with E-state index in [1.165, 1.54) is 19.2 Å². The van der Waals surface area contributed by atoms with Crippen LogP contribution in [0.25, 0.3) is 0 Å². The van der Waals surface area contributed by atoms with E-state index in [9.17, 15) is 14.0 Å². The standard InChI is InChI=1S/C18H17FN2O4/c1-10(11-4-6-15(24-2)13(19)7-11)20-18(23)12-3-5-14-16(8-12)25-9-17(22)21-14/h3-8,10H,9H2,1-2H3,(H,20,23)(H,21,22)/t10-/m0/s1. The van der Waals surface area contributed by atoms with Crippen molar-refractivity contribution in [1.29, 1.82) is 0 Å². The van der Waals surface area contributed by atoms with Gasteiger partial charge < -0.3 is 20.1 Å². The van der Waals surface area contributed by atoms with E-state index in [1.54, 1.807) is 31.2 Å². The average Bonchev–Trinajstić information content (AvgIpc) is 2.61. The van der Waals surface area contributed by atoms with Gasteiger partial charge in [0.05, 0.1) is 18.8 Å². The highest BCUT2D eigenvalue weighted by atomic mass is 19.1. The van der Waals surface area contributed by atoms with Crippen molar-refractivity contribution in [2.75, 3.05) is 19.0 Å². The number of amides is 2. The molecule has 2 aromatic carbocycles. The summed E-state index contributed by atoms with van der Waals surface area (Å²) in [5, 5.41) is 5.46. The summed E-state index contributed by atoms with van der Waals surface area (Å²) in [4.78, 5) is 23.7. The van der Waals surface area contributed by atoms with E-state index in [-0.39, 0.29) is 24.2 Å². The Hall–Kier alpha value is -3.09. The van der Waals surface area contributed by atoms with Crippen LogP contribution in [0.2, 0.25) is 0 Å². The Morgan fingerprint density at radius 2 is 2.12 bits per heavy atom. The van der Waals surface area contributed by atoms with E-state index in [1.807, 2.05) is 0 Å². The van der Waals surface area contributed by atoms with Crippen LogP contribution >= 0.6 is 0 Å². The molecule has 0 saturated heterocycles. The number of halogens is 1. The molecule has 0 fully saturated rings. The number of carbonyl (C=O) groups excluding carboxylic acids is 2. The highest BCUT2D eigenvalue weighted by molar-refractivity contribution is 5.99. The number of nitrogens with one attached hydrogen (secondary N) is 2. The number of anilines is 1. The molecule has 0 unspecified atom stereocenters. The molecule has 2 amide bonds. The first kappa shape index (κ1) is 16.8. The summed E-state index contributed by atoms with van der Waals surface area (Å²) in [6, 6.07) is 8.90. The number of rotatable bonds is 4. The van der Waals surface area contributed by atoms with Crippen LogP contribution in [-0.2, 0) is 4.79 Å². The van der Waals surface area contributed by atoms with Crippen LogP contribution in [0.5, 0.6) is 11.5 Å². The summed E-state index contributed by atoms with van der Waals surface area (Å²) in [7, 11) is 1.39. The van der Waals surface area contributed by atoms with E-state index in [0.717, 1.165) is 0 Å². The molecule has 1 heterocycles. The number of fused-ring (bicyclic) bond motifs is 1. The Labute approximate surface area is 143 Å². The van der Waals surface area contributed by atoms with Gasteiger partial charge in [-0.15, -0.1) is 0 Å². The molecule has 7 heteroatoms. The van der Waals surface area contributed by atoms with Crippen LogP contribution in [0, 0.1) is 5.82 Å². The van der Waals surface area contributed by atoms with Crippen molar-refractivity contribution in [2.24, 2.45) is 0 Å². The molecule has 0 saturated carbocycles. The van der Waals surface area contributed by atoms with Crippen molar-refractivity contribution in [3.05, 3.63) is 53.3 Å². The van der Waals surface area contributed by atoms with Gasteiger partial charge >= 0.3 is 0 Å². The molecule has 2 N–H and O–H groups in total. The van der Waals surface area contributed by atoms with Crippen LogP contribution in [0.1, 0.15) is 28.9 Å². The smallest absolute Gasteiger partial charge is 0.262 e. The molecule has 1 atom stereocenters. The first-order valence-corrected chi connectivity index (χ1v) is 7.69. The van der Waals surface area contributed by atoms with Gasteiger partial charge in [-0.3, -0.25) is 9.59 Å². The first-order chi connectivity index (χ1) is 12.0. The van der Waals surface area contributed by atoms with Gasteiger partial charge in [-0.1, -0.05) is 6.07 Å². The minimum atomic E-state index is -0.487. The molecule has 2 aromatic rings. The van der Waals surface area contributed by atoms with Crippen LogP contribution in [-0.4, -0.2) is 25.5 Å². The second-order valence-corrected chi connectivity index (χ2v) is 5.64. The average molecular weight is 344 g/mol. The van der Waals surface area contributed by atoms with E-state index in [0.29, 0.717) is 22.6 Å². The zero-order valence-electron chi connectivity index (χ0n) is 13.8. The molecule has 0 bridgehead atoms. The quantitative estimate of drug-likeness (QED) is 0.894. The van der Waals surface area contributed by atoms with Crippen molar-refractivity contribution in [1.82, 2.24) is 5.32 Å². The summed E-state index contributed by atoms with van der Waals surface area (Å²) in [5.74, 6) is -0.461. The van der Waals surface area contributed by atoms with Crippen molar-refractivity contribution < 1.29 is 23.5 Å². The summed E-state index contributed by atoms with van der Waals surface area (Å²) in [5.41, 5.74) is 1.53. The number of carbonyl (C=O) groups is 2. The van der Waals surface area contributed by atoms with Crippen molar-refractivity contribution >= 4 is 17.5 Å². The van der Waals surface area contributed by atoms with E-state index in [4.69, 9.17) is 9.47 Å². The van der Waals surface area contributed by atoms with Gasteiger partial charge in [-0.25, -0.2) is 4.39 Å². The molecular weight excluding hydrogens is 327 g/mol. The van der Waals surface area contributed by atoms with Gasteiger partial charge in [0.15, 0.2) is 18.2 Å². The zero-order chi connectivity index (χ0) is 18.0. The Balaban J connectivity index is 1.73. The van der Waals surface area contributed by atoms with Crippen molar-refractivity contribution in [3.63, 3.8) is 0 Å². The van der Waals surface area contributed by atoms with E-state index in [2.05, 4.69) is 10.6 Å². The Kier molecular flexibility index (Phi) is 4.56. The van der Waals surface area contributed by atoms with E-state index < -0.39 is 11.9 Å². The maximum atomic E-state index is 13.8. The normalized spacial score (nSPS) is 14.0. The van der Waals surface area contributed by atoms with Gasteiger partial charge in [0.1, 0.15) is 5.75 Å². The van der Waals surface area contributed by atoms with E-state index >= 15 is 0 Å². The number of hydrogen-bond acceptors (Lipinski definition) is 4. The molecule has 0 aliphatic carbocycles. The molecule has 0 radical (unpaired) electrons. The second kappa shape index (κ2) is 6.80. The molecule has 0 aromatic heterocycles. The molecule has 1 aliphatic rings. The summed E-state index contributed by atoms with van der Waals surface area (Å²) >= 11 is 0. The lowest BCUT2D eigenvalue weighted by Gasteiger charge is -2.19. The highest BCUT2D eigenvalue weighted by Gasteiger charge is 2.19. The molecule has 25 heavy (non-hydrogen) atoms. The van der Waals surface area contributed by atoms with Crippen LogP contribution in [0.15, 0.2) is 36.4 Å². The Morgan fingerprint density at radius 1 is 1.32 bits per heavy atom. The van der Waals surface area contributed by atoms with Crippen molar-refractivity contribution in [3.8, 4) is 11.5 Å². The molecule has 0 spiro atoms. The minimum Gasteiger partial charge on any atom is -0.494 e. The molecule has 1 aliphatic heterocycles. The van der Waals surface area contributed by atoms with Crippen LogP contribution in [0.3, 0.4) is 0 Å². The van der Waals surface area contributed by atoms with Gasteiger partial charge in [0.25, 0.3) is 11.8 Å². The third-order valence-corrected chi connectivity index (χ3v) is 3.90. The van der Waals surface area contributed by atoms with Gasteiger partial charge in [0.2, 0.25) is 0 Å². The maximum absolute atomic E-state index is 13.8. The number of hydrogen-bond donors (Lipinski definition) is 2. The SMILES string of the molecule is COc1ccc([C@H](C)NC(=O)c2ccc3c(c2)OCC(=O)N3)cc1F. The fraction of sp³-hybridized carbons (Fsp3) is 0.222. The second-order valence-electron chi connectivity index (χ2n) is 5.64. The van der Waals surface area contributed by atoms with Crippen LogP contribution < -0.4 is 20.1 Å². The monoisotopic (exact) mass is 344 g/mol. The molecule has 130 valence electrons. The fourth-order valence-corrected chi connectivity index (χ4v) is 2.53. The third kappa shape index (κ3) is 3.55. The van der Waals surface area contributed by atoms with Gasteiger partial charge in [-0.2, -0.15) is 0 Å². The number of benzene rings is 2. The minimum absolute atomic E-state index is 0.0837. The van der Waals surface area contributed by atoms with Crippen molar-refractivity contribution in [2.45, 2.75) is 13.0 Å². The highest BCUT2D eigenvalue weighted by Crippen LogP contribution is 2.29. The predicted octanol–water partition coefficient (Wildman–Crippen LogP) is 2.66. The van der Waals surface area contributed by atoms with Gasteiger partial charge in [-0.05, 0) is 42.8 Å². The fourth-order valence-electron chi connectivity index (χ4n) is 2.53. The summed E-state index contributed by atoms with van der Waals surface area (Å²) in [6.45, 7) is 1.67. The number of ether oxygens (including phenoxy) is 2. The lowest BCUT2D eigenvalue weighted by atomic mass is 10.1. The lowest BCUT2D eigenvalue weighted by molar-refractivity contribution is -0.118. The zero-order valence-corrected chi connectivity index (χ0v) is 13.8. The molecule has 6 nitrogen and oxygen atoms in total. The molecule has 3 rings (SSSR count). The Morgan fingerprint density at radius 3 is 2.84 bits per heavy atom. The largest absolute Gasteiger partial charge is 0.494 e. The summed E-state index contributed by atoms with van der Waals surface area (Å²) in [6.07, 6.45) is 0. The van der Waals surface area contributed by atoms with Gasteiger partial charge in [0, 0.05) is 5.56 Å². The topological polar surface area (TPSA) is 76.7 Å². The summed E-state index contributed by atoms with van der Waals surface area (Å²) < 4.78 is 24.0. The maximum Gasteiger partial charge on any atom is 0.262 e. The predicted molar refractivity (Wildman–Crippen MR) is 89.4 cm³/mol. The lowest BCUT2D eigenvalue weighted by Crippen LogP contribution is -2.28. The third-order valence-electron chi connectivity index (χ3n) is 3.90. The Bertz CT molecular complexity index is 838. The molecular formula is C18H17FN2O4. The first-order valence-electron chi connectivity index (χ1n) is 7.69. The van der Waals surface area contributed by atoms with Crippen LogP contribution in [0.4, 0.5) is 10.1 Å². The number of methoxy groups -OCH3 is 1.